The summed E-state index contributed by atoms with van der Waals surface area (Å²) in [5.41, 5.74) is 0.592. The molecule has 0 saturated carbocycles. The Kier molecular flexibility index (Phi) is 4.07. The molecule has 94 valence electrons. The highest BCUT2D eigenvalue weighted by Gasteiger charge is 2.07. The lowest BCUT2D eigenvalue weighted by Crippen LogP contribution is -1.89. The van der Waals surface area contributed by atoms with E-state index in [9.17, 15) is 4.39 Å². The summed E-state index contributed by atoms with van der Waals surface area (Å²) in [6, 6.07) is 8.64. The van der Waals surface area contributed by atoms with Crippen molar-refractivity contribution in [1.82, 2.24) is 0 Å². The molecule has 2 aromatic carbocycles. The van der Waals surface area contributed by atoms with Crippen molar-refractivity contribution < 1.29 is 14.2 Å². The lowest BCUT2D eigenvalue weighted by Gasteiger charge is -2.09. The molecule has 0 aliphatic rings. The molecule has 2 rings (SSSR count). The lowest BCUT2D eigenvalue weighted by atomic mass is 10.2. The fourth-order valence-electron chi connectivity index (χ4n) is 1.40. The van der Waals surface area contributed by atoms with Gasteiger partial charge in [-0.15, -0.1) is 0 Å². The van der Waals surface area contributed by atoms with Crippen LogP contribution >= 0.6 is 23.2 Å². The minimum atomic E-state index is -0.438. The van der Waals surface area contributed by atoms with Crippen LogP contribution in [0.1, 0.15) is 5.56 Å². The zero-order chi connectivity index (χ0) is 13.1. The van der Waals surface area contributed by atoms with Crippen LogP contribution in [0.3, 0.4) is 0 Å². The average Bonchev–Trinajstić information content (AvgIpc) is 2.34. The maximum atomic E-state index is 13.1. The third-order valence-corrected chi connectivity index (χ3v) is 2.98. The largest absolute Gasteiger partial charge is 0.456 e. The van der Waals surface area contributed by atoms with E-state index in [1.54, 1.807) is 12.1 Å². The lowest BCUT2D eigenvalue weighted by molar-refractivity contribution is 0.282. The summed E-state index contributed by atoms with van der Waals surface area (Å²) in [6.07, 6.45) is 0. The normalized spacial score (nSPS) is 10.4. The number of rotatable bonds is 3. The first-order valence-electron chi connectivity index (χ1n) is 5.12. The van der Waals surface area contributed by atoms with Crippen LogP contribution in [0.5, 0.6) is 11.5 Å². The molecule has 1 N–H and O–H groups in total. The Labute approximate surface area is 114 Å². The van der Waals surface area contributed by atoms with E-state index in [-0.39, 0.29) is 12.4 Å². The Balaban J connectivity index is 2.28. The van der Waals surface area contributed by atoms with Gasteiger partial charge in [-0.25, -0.2) is 4.39 Å². The van der Waals surface area contributed by atoms with Gasteiger partial charge in [0.05, 0.1) is 11.6 Å². The first-order chi connectivity index (χ1) is 8.60. The van der Waals surface area contributed by atoms with E-state index in [4.69, 9.17) is 33.0 Å². The molecule has 2 aromatic rings. The number of hydrogen-bond donors (Lipinski definition) is 1. The molecule has 0 aromatic heterocycles. The summed E-state index contributed by atoms with van der Waals surface area (Å²) in [4.78, 5) is 0. The number of halogens is 3. The number of ether oxygens (including phenoxy) is 1. The van der Waals surface area contributed by atoms with Crippen molar-refractivity contribution in [3.8, 4) is 11.5 Å². The molecule has 2 nitrogen and oxygen atoms in total. The molecule has 0 heterocycles. The maximum absolute atomic E-state index is 13.1. The van der Waals surface area contributed by atoms with Crippen molar-refractivity contribution in [2.45, 2.75) is 6.61 Å². The SMILES string of the molecule is OCc1ccc(Oc2cc(F)ccc2Cl)cc1Cl. The fourth-order valence-corrected chi connectivity index (χ4v) is 1.79. The van der Waals surface area contributed by atoms with Crippen LogP contribution in [0.4, 0.5) is 4.39 Å². The van der Waals surface area contributed by atoms with Gasteiger partial charge < -0.3 is 9.84 Å². The van der Waals surface area contributed by atoms with Crippen molar-refractivity contribution >= 4 is 23.2 Å². The summed E-state index contributed by atoms with van der Waals surface area (Å²) in [5, 5.41) is 9.67. The third kappa shape index (κ3) is 2.93. The monoisotopic (exact) mass is 286 g/mol. The molecule has 0 amide bonds. The molecule has 0 bridgehead atoms. The quantitative estimate of drug-likeness (QED) is 0.905. The predicted octanol–water partition coefficient (Wildman–Crippen LogP) is 4.42. The van der Waals surface area contributed by atoms with Crippen molar-refractivity contribution in [3.05, 3.63) is 57.8 Å². The van der Waals surface area contributed by atoms with Gasteiger partial charge >= 0.3 is 0 Å². The molecular formula is C13H9Cl2FO2. The Morgan fingerprint density at radius 2 is 1.83 bits per heavy atom. The number of benzene rings is 2. The molecule has 0 radical (unpaired) electrons. The van der Waals surface area contributed by atoms with Gasteiger partial charge in [-0.05, 0) is 29.8 Å². The van der Waals surface area contributed by atoms with Gasteiger partial charge in [-0.1, -0.05) is 29.3 Å². The van der Waals surface area contributed by atoms with Crippen molar-refractivity contribution in [2.75, 3.05) is 0 Å². The summed E-state index contributed by atoms with van der Waals surface area (Å²) < 4.78 is 18.5. The van der Waals surface area contributed by atoms with Gasteiger partial charge in [0.15, 0.2) is 0 Å². The van der Waals surface area contributed by atoms with Crippen LogP contribution in [-0.4, -0.2) is 5.11 Å². The molecule has 0 atom stereocenters. The van der Waals surface area contributed by atoms with Gasteiger partial charge in [-0.3, -0.25) is 0 Å². The van der Waals surface area contributed by atoms with E-state index in [1.807, 2.05) is 0 Å². The Hall–Kier alpha value is -1.29. The van der Waals surface area contributed by atoms with E-state index >= 15 is 0 Å². The Morgan fingerprint density at radius 1 is 1.06 bits per heavy atom. The van der Waals surface area contributed by atoms with Gasteiger partial charge in [0.1, 0.15) is 17.3 Å². The summed E-state index contributed by atoms with van der Waals surface area (Å²) in [7, 11) is 0. The molecule has 0 saturated heterocycles. The molecular weight excluding hydrogens is 278 g/mol. The topological polar surface area (TPSA) is 29.5 Å². The number of aliphatic hydroxyl groups excluding tert-OH is 1. The van der Waals surface area contributed by atoms with Crippen LogP contribution in [0.15, 0.2) is 36.4 Å². The Morgan fingerprint density at radius 3 is 2.50 bits per heavy atom. The van der Waals surface area contributed by atoms with Crippen LogP contribution in [-0.2, 0) is 6.61 Å². The summed E-state index contributed by atoms with van der Waals surface area (Å²) in [6.45, 7) is -0.153. The minimum absolute atomic E-state index is 0.153. The number of hydrogen-bond acceptors (Lipinski definition) is 2. The minimum Gasteiger partial charge on any atom is -0.456 e. The molecule has 0 unspecified atom stereocenters. The standard InChI is InChI=1S/C13H9Cl2FO2/c14-11-4-2-9(16)5-13(11)18-10-3-1-8(7-17)12(15)6-10/h1-6,17H,7H2. The van der Waals surface area contributed by atoms with Crippen LogP contribution in [0.2, 0.25) is 10.0 Å². The van der Waals surface area contributed by atoms with Crippen LogP contribution in [0.25, 0.3) is 0 Å². The van der Waals surface area contributed by atoms with E-state index in [0.717, 1.165) is 0 Å². The van der Waals surface area contributed by atoms with Crippen LogP contribution < -0.4 is 4.74 Å². The van der Waals surface area contributed by atoms with E-state index in [0.29, 0.717) is 21.4 Å². The first-order valence-corrected chi connectivity index (χ1v) is 5.88. The first kappa shape index (κ1) is 13.1. The van der Waals surface area contributed by atoms with Crippen molar-refractivity contribution in [1.29, 1.82) is 0 Å². The van der Waals surface area contributed by atoms with Gasteiger partial charge in [0.2, 0.25) is 0 Å². The van der Waals surface area contributed by atoms with E-state index in [1.165, 1.54) is 24.3 Å². The Bertz CT molecular complexity index is 573. The highest BCUT2D eigenvalue weighted by molar-refractivity contribution is 6.32. The van der Waals surface area contributed by atoms with Gasteiger partial charge in [0, 0.05) is 11.1 Å². The second-order valence-electron chi connectivity index (χ2n) is 3.59. The molecule has 0 fully saturated rings. The third-order valence-electron chi connectivity index (χ3n) is 2.32. The molecule has 18 heavy (non-hydrogen) atoms. The highest BCUT2D eigenvalue weighted by atomic mass is 35.5. The van der Waals surface area contributed by atoms with E-state index < -0.39 is 5.82 Å². The fraction of sp³-hybridized carbons (Fsp3) is 0.0769. The van der Waals surface area contributed by atoms with E-state index in [2.05, 4.69) is 0 Å². The van der Waals surface area contributed by atoms with Crippen LogP contribution in [0, 0.1) is 5.82 Å². The summed E-state index contributed by atoms with van der Waals surface area (Å²) >= 11 is 11.8. The zero-order valence-corrected chi connectivity index (χ0v) is 10.7. The number of aliphatic hydroxyl groups is 1. The predicted molar refractivity (Wildman–Crippen MR) is 68.9 cm³/mol. The smallest absolute Gasteiger partial charge is 0.148 e. The van der Waals surface area contributed by atoms with Crippen molar-refractivity contribution in [2.24, 2.45) is 0 Å². The van der Waals surface area contributed by atoms with Gasteiger partial charge in [-0.2, -0.15) is 0 Å². The average molecular weight is 287 g/mol. The second kappa shape index (κ2) is 5.57. The molecule has 0 aliphatic heterocycles. The highest BCUT2D eigenvalue weighted by Crippen LogP contribution is 2.31. The summed E-state index contributed by atoms with van der Waals surface area (Å²) in [5.74, 6) is 0.196. The second-order valence-corrected chi connectivity index (χ2v) is 4.40. The molecule has 5 heteroatoms. The molecule has 0 aliphatic carbocycles. The zero-order valence-electron chi connectivity index (χ0n) is 9.16. The molecule has 0 spiro atoms. The van der Waals surface area contributed by atoms with Crippen molar-refractivity contribution in [3.63, 3.8) is 0 Å². The van der Waals surface area contributed by atoms with Gasteiger partial charge in [0.25, 0.3) is 0 Å². The maximum Gasteiger partial charge on any atom is 0.148 e.